The van der Waals surface area contributed by atoms with Gasteiger partial charge in [-0.3, -0.25) is 4.79 Å². The van der Waals surface area contributed by atoms with Gasteiger partial charge in [-0.2, -0.15) is 0 Å². The third kappa shape index (κ3) is 4.25. The fourth-order valence-electron chi connectivity index (χ4n) is 1.43. The number of rotatable bonds is 7. The van der Waals surface area contributed by atoms with Crippen LogP contribution in [0.4, 0.5) is 0 Å². The first-order chi connectivity index (χ1) is 8.71. The van der Waals surface area contributed by atoms with Crippen molar-refractivity contribution in [3.05, 3.63) is 23.8 Å². The molecule has 0 aliphatic rings. The third-order valence-electron chi connectivity index (χ3n) is 2.44. The SMILES string of the molecule is CCNCc1ccc(OCC(=O)NC)c(OC)c1. The molecule has 0 saturated carbocycles. The molecule has 0 aromatic heterocycles. The highest BCUT2D eigenvalue weighted by Gasteiger charge is 2.07. The van der Waals surface area contributed by atoms with Gasteiger partial charge in [0.2, 0.25) is 0 Å². The molecule has 0 saturated heterocycles. The molecule has 1 aromatic carbocycles. The first-order valence-corrected chi connectivity index (χ1v) is 5.92. The summed E-state index contributed by atoms with van der Waals surface area (Å²) >= 11 is 0. The van der Waals surface area contributed by atoms with Crippen LogP contribution in [0.2, 0.25) is 0 Å². The van der Waals surface area contributed by atoms with E-state index in [0.29, 0.717) is 11.5 Å². The van der Waals surface area contributed by atoms with Gasteiger partial charge in [0.25, 0.3) is 5.91 Å². The van der Waals surface area contributed by atoms with E-state index in [2.05, 4.69) is 17.6 Å². The number of amides is 1. The predicted molar refractivity (Wildman–Crippen MR) is 69.9 cm³/mol. The maximum absolute atomic E-state index is 11.1. The van der Waals surface area contributed by atoms with E-state index in [1.165, 1.54) is 0 Å². The third-order valence-corrected chi connectivity index (χ3v) is 2.44. The second kappa shape index (κ2) is 7.55. The molecule has 0 spiro atoms. The minimum absolute atomic E-state index is 0.0145. The number of carbonyl (C=O) groups is 1. The second-order valence-electron chi connectivity index (χ2n) is 3.73. The number of likely N-dealkylation sites (N-methyl/N-ethyl adjacent to an activating group) is 1. The minimum atomic E-state index is -0.172. The Balaban J connectivity index is 2.70. The molecule has 5 heteroatoms. The van der Waals surface area contributed by atoms with Crippen LogP contribution in [0.15, 0.2) is 18.2 Å². The van der Waals surface area contributed by atoms with E-state index in [1.807, 2.05) is 18.2 Å². The molecule has 18 heavy (non-hydrogen) atoms. The van der Waals surface area contributed by atoms with Crippen LogP contribution in [0.1, 0.15) is 12.5 Å². The summed E-state index contributed by atoms with van der Waals surface area (Å²) in [5, 5.41) is 5.73. The average molecular weight is 252 g/mol. The normalized spacial score (nSPS) is 9.94. The number of benzene rings is 1. The van der Waals surface area contributed by atoms with E-state index in [4.69, 9.17) is 9.47 Å². The first-order valence-electron chi connectivity index (χ1n) is 5.92. The smallest absolute Gasteiger partial charge is 0.257 e. The summed E-state index contributed by atoms with van der Waals surface area (Å²) in [6.07, 6.45) is 0. The van der Waals surface area contributed by atoms with Gasteiger partial charge < -0.3 is 20.1 Å². The van der Waals surface area contributed by atoms with Crippen LogP contribution in [0.25, 0.3) is 0 Å². The molecule has 1 rings (SSSR count). The van der Waals surface area contributed by atoms with Crippen molar-refractivity contribution in [2.45, 2.75) is 13.5 Å². The van der Waals surface area contributed by atoms with Crippen molar-refractivity contribution in [3.63, 3.8) is 0 Å². The zero-order valence-corrected chi connectivity index (χ0v) is 11.1. The van der Waals surface area contributed by atoms with E-state index < -0.39 is 0 Å². The Morgan fingerprint density at radius 1 is 1.33 bits per heavy atom. The van der Waals surface area contributed by atoms with Gasteiger partial charge in [-0.25, -0.2) is 0 Å². The molecule has 100 valence electrons. The molecule has 1 amide bonds. The molecule has 0 radical (unpaired) electrons. The fraction of sp³-hybridized carbons (Fsp3) is 0.462. The Morgan fingerprint density at radius 2 is 2.11 bits per heavy atom. The fourth-order valence-corrected chi connectivity index (χ4v) is 1.43. The van der Waals surface area contributed by atoms with E-state index in [1.54, 1.807) is 14.2 Å². The topological polar surface area (TPSA) is 59.6 Å². The summed E-state index contributed by atoms with van der Waals surface area (Å²) in [7, 11) is 3.15. The zero-order chi connectivity index (χ0) is 13.4. The molecular formula is C13H20N2O3. The summed E-state index contributed by atoms with van der Waals surface area (Å²) in [6, 6.07) is 5.67. The Hall–Kier alpha value is -1.75. The van der Waals surface area contributed by atoms with Gasteiger partial charge in [-0.1, -0.05) is 13.0 Å². The summed E-state index contributed by atoms with van der Waals surface area (Å²) in [5.74, 6) is 1.03. The maximum atomic E-state index is 11.1. The highest BCUT2D eigenvalue weighted by Crippen LogP contribution is 2.27. The Bertz CT molecular complexity index is 394. The molecule has 0 bridgehead atoms. The lowest BCUT2D eigenvalue weighted by Crippen LogP contribution is -2.24. The quantitative estimate of drug-likeness (QED) is 0.758. The standard InChI is InChI=1S/C13H20N2O3/c1-4-15-8-10-5-6-11(12(7-10)17-3)18-9-13(16)14-2/h5-7,15H,4,8-9H2,1-3H3,(H,14,16). The molecule has 2 N–H and O–H groups in total. The lowest BCUT2D eigenvalue weighted by molar-refractivity contribution is -0.122. The summed E-state index contributed by atoms with van der Waals surface area (Å²) in [5.41, 5.74) is 1.11. The van der Waals surface area contributed by atoms with E-state index in [9.17, 15) is 4.79 Å². The minimum Gasteiger partial charge on any atom is -0.493 e. The van der Waals surface area contributed by atoms with Crippen LogP contribution in [-0.2, 0) is 11.3 Å². The predicted octanol–water partition coefficient (Wildman–Crippen LogP) is 0.929. The van der Waals surface area contributed by atoms with Crippen molar-refractivity contribution in [1.82, 2.24) is 10.6 Å². The highest BCUT2D eigenvalue weighted by atomic mass is 16.5. The van der Waals surface area contributed by atoms with Crippen LogP contribution in [0, 0.1) is 0 Å². The van der Waals surface area contributed by atoms with Crippen LogP contribution >= 0.6 is 0 Å². The average Bonchev–Trinajstić information content (AvgIpc) is 2.42. The van der Waals surface area contributed by atoms with Gasteiger partial charge >= 0.3 is 0 Å². The summed E-state index contributed by atoms with van der Waals surface area (Å²) in [4.78, 5) is 11.1. The van der Waals surface area contributed by atoms with Crippen LogP contribution < -0.4 is 20.1 Å². The number of hydrogen-bond donors (Lipinski definition) is 2. The van der Waals surface area contributed by atoms with Crippen LogP contribution in [-0.4, -0.2) is 33.2 Å². The lowest BCUT2D eigenvalue weighted by Gasteiger charge is -2.11. The molecule has 0 aliphatic heterocycles. The lowest BCUT2D eigenvalue weighted by atomic mass is 10.2. The van der Waals surface area contributed by atoms with E-state index in [0.717, 1.165) is 18.7 Å². The van der Waals surface area contributed by atoms with E-state index >= 15 is 0 Å². The van der Waals surface area contributed by atoms with Gasteiger partial charge in [-0.05, 0) is 24.2 Å². The molecule has 0 unspecified atom stereocenters. The zero-order valence-electron chi connectivity index (χ0n) is 11.1. The summed E-state index contributed by atoms with van der Waals surface area (Å²) < 4.78 is 10.6. The van der Waals surface area contributed by atoms with E-state index in [-0.39, 0.29) is 12.5 Å². The first kappa shape index (κ1) is 14.3. The number of methoxy groups -OCH3 is 1. The summed E-state index contributed by atoms with van der Waals surface area (Å²) in [6.45, 7) is 3.73. The maximum Gasteiger partial charge on any atom is 0.257 e. The molecular weight excluding hydrogens is 232 g/mol. The van der Waals surface area contributed by atoms with Gasteiger partial charge in [0.1, 0.15) is 0 Å². The molecule has 0 atom stereocenters. The largest absolute Gasteiger partial charge is 0.493 e. The number of carbonyl (C=O) groups excluding carboxylic acids is 1. The number of ether oxygens (including phenoxy) is 2. The van der Waals surface area contributed by atoms with Crippen LogP contribution in [0.5, 0.6) is 11.5 Å². The Kier molecular flexibility index (Phi) is 6.00. The van der Waals surface area contributed by atoms with Crippen molar-refractivity contribution in [2.24, 2.45) is 0 Å². The van der Waals surface area contributed by atoms with Crippen molar-refractivity contribution in [1.29, 1.82) is 0 Å². The van der Waals surface area contributed by atoms with Crippen molar-refractivity contribution < 1.29 is 14.3 Å². The van der Waals surface area contributed by atoms with Crippen molar-refractivity contribution in [2.75, 3.05) is 27.3 Å². The highest BCUT2D eigenvalue weighted by molar-refractivity contribution is 5.77. The number of nitrogens with one attached hydrogen (secondary N) is 2. The Labute approximate surface area is 107 Å². The van der Waals surface area contributed by atoms with Gasteiger partial charge in [-0.15, -0.1) is 0 Å². The molecule has 0 aliphatic carbocycles. The number of hydrogen-bond acceptors (Lipinski definition) is 4. The molecule has 0 heterocycles. The van der Waals surface area contributed by atoms with Gasteiger partial charge in [0, 0.05) is 13.6 Å². The van der Waals surface area contributed by atoms with Gasteiger partial charge in [0.05, 0.1) is 7.11 Å². The van der Waals surface area contributed by atoms with Crippen molar-refractivity contribution in [3.8, 4) is 11.5 Å². The molecule has 5 nitrogen and oxygen atoms in total. The van der Waals surface area contributed by atoms with Crippen molar-refractivity contribution >= 4 is 5.91 Å². The van der Waals surface area contributed by atoms with Gasteiger partial charge in [0.15, 0.2) is 18.1 Å². The molecule has 0 fully saturated rings. The monoisotopic (exact) mass is 252 g/mol. The molecule has 1 aromatic rings. The van der Waals surface area contributed by atoms with Crippen LogP contribution in [0.3, 0.4) is 0 Å². The second-order valence-corrected chi connectivity index (χ2v) is 3.73. The Morgan fingerprint density at radius 3 is 2.72 bits per heavy atom.